The minimum Gasteiger partial charge on any atom is -0.481 e. The molecule has 2 aromatic rings. The molecule has 1 aromatic heterocycles. The maximum atomic E-state index is 10.8. The standard InChI is InChI=1S/C14H17ClN2O2S2/c1-20-7-3-2-6-17-12-8-10(15)4-5-11(12)16-14(17)21-9-13(18)19/h4-5,8H,2-3,6-7,9H2,1H3,(H,18,19). The fraction of sp³-hybridized carbons (Fsp3) is 0.429. The molecule has 0 aliphatic heterocycles. The lowest BCUT2D eigenvalue weighted by Crippen LogP contribution is -2.04. The lowest BCUT2D eigenvalue weighted by Gasteiger charge is -2.08. The molecule has 0 aliphatic rings. The average Bonchev–Trinajstić information content (AvgIpc) is 2.78. The Morgan fingerprint density at radius 3 is 2.95 bits per heavy atom. The molecule has 0 amide bonds. The zero-order valence-electron chi connectivity index (χ0n) is 11.7. The Balaban J connectivity index is 2.24. The summed E-state index contributed by atoms with van der Waals surface area (Å²) in [5.74, 6) is 0.311. The smallest absolute Gasteiger partial charge is 0.313 e. The van der Waals surface area contributed by atoms with E-state index in [1.54, 1.807) is 6.07 Å². The number of fused-ring (bicyclic) bond motifs is 1. The summed E-state index contributed by atoms with van der Waals surface area (Å²) < 4.78 is 2.08. The zero-order chi connectivity index (χ0) is 15.2. The van der Waals surface area contributed by atoms with E-state index in [-0.39, 0.29) is 5.75 Å². The Bertz CT molecular complexity index is 631. The Hall–Kier alpha value is -0.850. The van der Waals surface area contributed by atoms with Crippen molar-refractivity contribution < 1.29 is 9.90 Å². The molecule has 0 radical (unpaired) electrons. The molecule has 2 rings (SSSR count). The SMILES string of the molecule is CSCCCCn1c(SCC(=O)O)nc2ccc(Cl)cc21. The van der Waals surface area contributed by atoms with Crippen LogP contribution in [0, 0.1) is 0 Å². The van der Waals surface area contributed by atoms with Gasteiger partial charge in [0, 0.05) is 11.6 Å². The second kappa shape index (κ2) is 7.96. The first kappa shape index (κ1) is 16.5. The van der Waals surface area contributed by atoms with Crippen LogP contribution in [0.5, 0.6) is 0 Å². The van der Waals surface area contributed by atoms with Gasteiger partial charge in [0.25, 0.3) is 0 Å². The van der Waals surface area contributed by atoms with Crippen molar-refractivity contribution in [2.45, 2.75) is 24.5 Å². The number of carbonyl (C=O) groups is 1. The van der Waals surface area contributed by atoms with E-state index in [2.05, 4.69) is 15.8 Å². The number of aliphatic carboxylic acids is 1. The third kappa shape index (κ3) is 4.56. The van der Waals surface area contributed by atoms with E-state index in [4.69, 9.17) is 16.7 Å². The van der Waals surface area contributed by atoms with Gasteiger partial charge in [0.2, 0.25) is 0 Å². The van der Waals surface area contributed by atoms with Crippen molar-refractivity contribution in [2.75, 3.05) is 17.8 Å². The van der Waals surface area contributed by atoms with Gasteiger partial charge in [-0.1, -0.05) is 23.4 Å². The van der Waals surface area contributed by atoms with Gasteiger partial charge in [-0.2, -0.15) is 11.8 Å². The van der Waals surface area contributed by atoms with Crippen molar-refractivity contribution in [3.63, 3.8) is 0 Å². The zero-order valence-corrected chi connectivity index (χ0v) is 14.1. The van der Waals surface area contributed by atoms with Gasteiger partial charge in [0.15, 0.2) is 5.16 Å². The van der Waals surface area contributed by atoms with Crippen molar-refractivity contribution in [3.05, 3.63) is 23.2 Å². The van der Waals surface area contributed by atoms with Crippen molar-refractivity contribution in [1.82, 2.24) is 9.55 Å². The fourth-order valence-electron chi connectivity index (χ4n) is 2.04. The fourth-order valence-corrected chi connectivity index (χ4v) is 3.46. The molecule has 1 heterocycles. The molecule has 0 unspecified atom stereocenters. The number of hydrogen-bond donors (Lipinski definition) is 1. The molecule has 0 saturated heterocycles. The van der Waals surface area contributed by atoms with Crippen LogP contribution in [0.2, 0.25) is 5.02 Å². The number of unbranched alkanes of at least 4 members (excludes halogenated alkanes) is 1. The largest absolute Gasteiger partial charge is 0.481 e. The summed E-state index contributed by atoms with van der Waals surface area (Å²) in [6.07, 6.45) is 4.27. The highest BCUT2D eigenvalue weighted by molar-refractivity contribution is 7.99. The molecule has 0 spiro atoms. The van der Waals surface area contributed by atoms with Crippen LogP contribution >= 0.6 is 35.1 Å². The summed E-state index contributed by atoms with van der Waals surface area (Å²) in [5, 5.41) is 10.3. The number of nitrogens with zero attached hydrogens (tertiary/aromatic N) is 2. The number of hydrogen-bond acceptors (Lipinski definition) is 4. The van der Waals surface area contributed by atoms with Crippen LogP contribution in [-0.4, -0.2) is 38.4 Å². The van der Waals surface area contributed by atoms with Crippen LogP contribution in [0.1, 0.15) is 12.8 Å². The average molecular weight is 345 g/mol. The number of carboxylic acid groups (broad SMARTS) is 1. The van der Waals surface area contributed by atoms with E-state index in [0.717, 1.165) is 41.3 Å². The van der Waals surface area contributed by atoms with Gasteiger partial charge in [0.1, 0.15) is 0 Å². The Kier molecular flexibility index (Phi) is 6.26. The Morgan fingerprint density at radius 2 is 2.24 bits per heavy atom. The molecule has 114 valence electrons. The van der Waals surface area contributed by atoms with Crippen LogP contribution in [-0.2, 0) is 11.3 Å². The molecule has 0 fully saturated rings. The van der Waals surface area contributed by atoms with Gasteiger partial charge in [-0.05, 0) is 43.0 Å². The summed E-state index contributed by atoms with van der Waals surface area (Å²) in [6.45, 7) is 0.833. The van der Waals surface area contributed by atoms with Gasteiger partial charge in [-0.25, -0.2) is 4.98 Å². The number of thioether (sulfide) groups is 2. The highest BCUT2D eigenvalue weighted by Crippen LogP contribution is 2.27. The number of benzene rings is 1. The van der Waals surface area contributed by atoms with Gasteiger partial charge < -0.3 is 9.67 Å². The van der Waals surface area contributed by atoms with Gasteiger partial charge in [-0.15, -0.1) is 0 Å². The number of carboxylic acids is 1. The van der Waals surface area contributed by atoms with Crippen molar-refractivity contribution in [1.29, 1.82) is 0 Å². The van der Waals surface area contributed by atoms with Crippen molar-refractivity contribution in [3.8, 4) is 0 Å². The highest BCUT2D eigenvalue weighted by atomic mass is 35.5. The maximum Gasteiger partial charge on any atom is 0.313 e. The topological polar surface area (TPSA) is 55.1 Å². The summed E-state index contributed by atoms with van der Waals surface area (Å²) in [5.41, 5.74) is 1.83. The molecule has 0 saturated carbocycles. The maximum absolute atomic E-state index is 10.8. The van der Waals surface area contributed by atoms with Crippen LogP contribution in [0.25, 0.3) is 11.0 Å². The first-order chi connectivity index (χ1) is 10.1. The number of rotatable bonds is 8. The molecule has 1 N–H and O–H groups in total. The number of halogens is 1. The van der Waals surface area contributed by atoms with Crippen LogP contribution in [0.4, 0.5) is 0 Å². The van der Waals surface area contributed by atoms with Crippen molar-refractivity contribution >= 4 is 52.1 Å². The lowest BCUT2D eigenvalue weighted by molar-refractivity contribution is -0.133. The molecule has 0 atom stereocenters. The number of imidazole rings is 1. The van der Waals surface area contributed by atoms with E-state index in [1.165, 1.54) is 11.8 Å². The number of aryl methyl sites for hydroxylation is 1. The van der Waals surface area contributed by atoms with Gasteiger partial charge in [-0.3, -0.25) is 4.79 Å². The third-order valence-electron chi connectivity index (χ3n) is 2.98. The van der Waals surface area contributed by atoms with E-state index in [9.17, 15) is 4.79 Å². The summed E-state index contributed by atoms with van der Waals surface area (Å²) in [6, 6.07) is 5.57. The molecular weight excluding hydrogens is 328 g/mol. The second-order valence-corrected chi connectivity index (χ2v) is 6.93. The van der Waals surface area contributed by atoms with Crippen molar-refractivity contribution in [2.24, 2.45) is 0 Å². The van der Waals surface area contributed by atoms with Crippen LogP contribution < -0.4 is 0 Å². The first-order valence-corrected chi connectivity index (χ1v) is 9.37. The number of aromatic nitrogens is 2. The predicted octanol–water partition coefficient (Wildman–Crippen LogP) is 4.01. The molecule has 0 bridgehead atoms. The molecule has 21 heavy (non-hydrogen) atoms. The third-order valence-corrected chi connectivity index (χ3v) is 4.87. The van der Waals surface area contributed by atoms with E-state index in [0.29, 0.717) is 5.02 Å². The second-order valence-electron chi connectivity index (χ2n) is 4.56. The monoisotopic (exact) mass is 344 g/mol. The quantitative estimate of drug-likeness (QED) is 0.579. The molecule has 7 heteroatoms. The molecule has 0 aliphatic carbocycles. The molecule has 1 aromatic carbocycles. The summed E-state index contributed by atoms with van der Waals surface area (Å²) >= 11 is 9.15. The predicted molar refractivity (Wildman–Crippen MR) is 90.7 cm³/mol. The van der Waals surface area contributed by atoms with E-state index < -0.39 is 5.97 Å². The minimum atomic E-state index is -0.834. The van der Waals surface area contributed by atoms with E-state index >= 15 is 0 Å². The summed E-state index contributed by atoms with van der Waals surface area (Å²) in [4.78, 5) is 15.3. The minimum absolute atomic E-state index is 0.0157. The summed E-state index contributed by atoms with van der Waals surface area (Å²) in [7, 11) is 0. The van der Waals surface area contributed by atoms with Crippen LogP contribution in [0.15, 0.2) is 23.4 Å². The Labute approximate surface area is 137 Å². The van der Waals surface area contributed by atoms with E-state index in [1.807, 2.05) is 23.9 Å². The van der Waals surface area contributed by atoms with Crippen LogP contribution in [0.3, 0.4) is 0 Å². The molecule has 4 nitrogen and oxygen atoms in total. The molecular formula is C14H17ClN2O2S2. The first-order valence-electron chi connectivity index (χ1n) is 6.61. The van der Waals surface area contributed by atoms with Gasteiger partial charge >= 0.3 is 5.97 Å². The lowest BCUT2D eigenvalue weighted by atomic mass is 10.3. The normalized spacial score (nSPS) is 11.1. The highest BCUT2D eigenvalue weighted by Gasteiger charge is 2.13. The Morgan fingerprint density at radius 1 is 1.43 bits per heavy atom. The van der Waals surface area contributed by atoms with Gasteiger partial charge in [0.05, 0.1) is 16.8 Å².